The average molecular weight is 661 g/mol. The molecule has 1 fully saturated rings. The van der Waals surface area contributed by atoms with Gasteiger partial charge in [0.15, 0.2) is 0 Å². The number of phenolic OH excluding ortho intramolecular Hbond substituents is 1. The number of nitrogens with one attached hydrogen (secondary N) is 5. The van der Waals surface area contributed by atoms with E-state index in [9.17, 15) is 24.3 Å². The van der Waals surface area contributed by atoms with E-state index in [0.29, 0.717) is 19.4 Å². The second kappa shape index (κ2) is 16.6. The molecular formula is C35H41ClN6O5. The molecule has 0 radical (unpaired) electrons. The summed E-state index contributed by atoms with van der Waals surface area (Å²) in [4.78, 5) is 57.3. The maximum atomic E-state index is 13.9. The van der Waals surface area contributed by atoms with E-state index in [1.807, 2.05) is 54.6 Å². The van der Waals surface area contributed by atoms with E-state index in [0.717, 1.165) is 27.6 Å². The Morgan fingerprint density at radius 1 is 0.830 bits per heavy atom. The number of amides is 4. The number of benzene rings is 3. The van der Waals surface area contributed by atoms with E-state index in [1.165, 1.54) is 12.1 Å². The van der Waals surface area contributed by atoms with Gasteiger partial charge in [-0.1, -0.05) is 60.7 Å². The number of aromatic amines is 1. The van der Waals surface area contributed by atoms with Gasteiger partial charge in [0.25, 0.3) is 0 Å². The van der Waals surface area contributed by atoms with Crippen LogP contribution in [0.15, 0.2) is 85.1 Å². The number of phenols is 1. The fraction of sp³-hybridized carbons (Fsp3) is 0.314. The fourth-order valence-electron chi connectivity index (χ4n) is 5.67. The van der Waals surface area contributed by atoms with E-state index in [2.05, 4.69) is 26.3 Å². The summed E-state index contributed by atoms with van der Waals surface area (Å²) in [5.41, 5.74) is 9.56. The maximum Gasteiger partial charge on any atom is 0.243 e. The summed E-state index contributed by atoms with van der Waals surface area (Å²) in [6.07, 6.45) is 3.83. The molecule has 1 aromatic heterocycles. The number of rotatable bonds is 8. The highest BCUT2D eigenvalue weighted by Gasteiger charge is 2.31. The molecule has 12 heteroatoms. The minimum absolute atomic E-state index is 0. The Balaban J connectivity index is 0.00000500. The molecule has 4 aromatic rings. The fourth-order valence-corrected chi connectivity index (χ4v) is 5.67. The van der Waals surface area contributed by atoms with Crippen LogP contribution in [0, 0.1) is 0 Å². The standard InChI is InChI=1S/C35H40N6O5.ClH/c36-27(18-23-13-15-25(42)16-14-23)32(43)39-29-12-6-7-17-37-33(44)30(19-22-8-2-1-3-9-22)40-35(46)31(41-34(29)45)20-24-21-38-28-11-5-4-10-26(24)28;/h1-5,8-11,13-16,21,27,29-31,38,42H,6-7,12,17-20,36H2,(H,37,44)(H,39,43)(H,40,46)(H,41,45);1H. The third-order valence-corrected chi connectivity index (χ3v) is 8.23. The van der Waals surface area contributed by atoms with Crippen molar-refractivity contribution in [3.8, 4) is 5.75 Å². The molecule has 8 N–H and O–H groups in total. The molecule has 2 heterocycles. The zero-order valence-electron chi connectivity index (χ0n) is 25.9. The van der Waals surface area contributed by atoms with Crippen LogP contribution in [0.1, 0.15) is 36.0 Å². The summed E-state index contributed by atoms with van der Waals surface area (Å²) in [7, 11) is 0. The van der Waals surface area contributed by atoms with Crippen LogP contribution in [0.2, 0.25) is 0 Å². The molecule has 0 aliphatic carbocycles. The van der Waals surface area contributed by atoms with Crippen LogP contribution in [0.3, 0.4) is 0 Å². The van der Waals surface area contributed by atoms with Crippen molar-refractivity contribution in [1.29, 1.82) is 0 Å². The second-order valence-corrected chi connectivity index (χ2v) is 11.7. The van der Waals surface area contributed by atoms with Gasteiger partial charge in [0.1, 0.15) is 23.9 Å². The Hall–Kier alpha value is -4.87. The van der Waals surface area contributed by atoms with Gasteiger partial charge in [0, 0.05) is 36.5 Å². The van der Waals surface area contributed by atoms with E-state index >= 15 is 0 Å². The first kappa shape index (κ1) is 35.0. The van der Waals surface area contributed by atoms with Crippen molar-refractivity contribution in [2.24, 2.45) is 5.73 Å². The smallest absolute Gasteiger partial charge is 0.243 e. The minimum atomic E-state index is -1.04. The number of para-hydroxylation sites is 1. The van der Waals surface area contributed by atoms with Crippen molar-refractivity contribution >= 4 is 46.9 Å². The molecule has 4 unspecified atom stereocenters. The summed E-state index contributed by atoms with van der Waals surface area (Å²) < 4.78 is 0. The van der Waals surface area contributed by atoms with Gasteiger partial charge in [-0.3, -0.25) is 19.2 Å². The normalized spacial score (nSPS) is 19.9. The molecule has 3 aromatic carbocycles. The number of hydrogen-bond donors (Lipinski definition) is 7. The second-order valence-electron chi connectivity index (χ2n) is 11.7. The van der Waals surface area contributed by atoms with Gasteiger partial charge in [0.2, 0.25) is 23.6 Å². The Bertz CT molecular complexity index is 1660. The zero-order valence-corrected chi connectivity index (χ0v) is 26.7. The van der Waals surface area contributed by atoms with Gasteiger partial charge >= 0.3 is 0 Å². The highest BCUT2D eigenvalue weighted by atomic mass is 35.5. The summed E-state index contributed by atoms with van der Waals surface area (Å²) in [6.45, 7) is 0.349. The number of fused-ring (bicyclic) bond motifs is 1. The largest absolute Gasteiger partial charge is 0.508 e. The first-order valence-electron chi connectivity index (χ1n) is 15.6. The number of aromatic hydroxyl groups is 1. The van der Waals surface area contributed by atoms with E-state index in [1.54, 1.807) is 18.3 Å². The van der Waals surface area contributed by atoms with Crippen LogP contribution in [0.5, 0.6) is 5.75 Å². The lowest BCUT2D eigenvalue weighted by Crippen LogP contribution is -2.58. The van der Waals surface area contributed by atoms with E-state index in [4.69, 9.17) is 5.73 Å². The molecule has 0 saturated carbocycles. The van der Waals surface area contributed by atoms with Crippen LogP contribution in [0.4, 0.5) is 0 Å². The van der Waals surface area contributed by atoms with Gasteiger partial charge in [0.05, 0.1) is 6.04 Å². The predicted molar refractivity (Wildman–Crippen MR) is 182 cm³/mol. The number of carbonyl (C=O) groups is 4. The number of nitrogens with two attached hydrogens (primary N) is 1. The molecule has 4 atom stereocenters. The quantitative estimate of drug-likeness (QED) is 0.153. The number of H-pyrrole nitrogens is 1. The third kappa shape index (κ3) is 9.57. The van der Waals surface area contributed by atoms with Crippen LogP contribution in [-0.4, -0.2) is 64.4 Å². The monoisotopic (exact) mass is 660 g/mol. The van der Waals surface area contributed by atoms with Crippen molar-refractivity contribution in [3.05, 3.63) is 102 Å². The van der Waals surface area contributed by atoms with Crippen molar-refractivity contribution in [2.45, 2.75) is 62.7 Å². The van der Waals surface area contributed by atoms with Gasteiger partial charge in [-0.25, -0.2) is 0 Å². The van der Waals surface area contributed by atoms with E-state index in [-0.39, 0.29) is 49.7 Å². The predicted octanol–water partition coefficient (Wildman–Crippen LogP) is 2.40. The number of halogens is 1. The molecule has 5 rings (SSSR count). The number of hydrogen-bond acceptors (Lipinski definition) is 6. The third-order valence-electron chi connectivity index (χ3n) is 8.23. The molecule has 4 amide bonds. The summed E-state index contributed by atoms with van der Waals surface area (Å²) >= 11 is 0. The van der Waals surface area contributed by atoms with Gasteiger partial charge in [-0.2, -0.15) is 0 Å². The number of carbonyl (C=O) groups excluding carboxylic acids is 4. The van der Waals surface area contributed by atoms with Crippen molar-refractivity contribution in [3.63, 3.8) is 0 Å². The molecule has 47 heavy (non-hydrogen) atoms. The number of aromatic nitrogens is 1. The molecule has 1 aliphatic rings. The van der Waals surface area contributed by atoms with Gasteiger partial charge in [-0.05, 0) is 60.6 Å². The van der Waals surface area contributed by atoms with Crippen molar-refractivity contribution in [1.82, 2.24) is 26.3 Å². The lowest BCUT2D eigenvalue weighted by Gasteiger charge is -2.25. The van der Waals surface area contributed by atoms with Crippen LogP contribution in [-0.2, 0) is 38.4 Å². The zero-order chi connectivity index (χ0) is 32.5. The minimum Gasteiger partial charge on any atom is -0.508 e. The average Bonchev–Trinajstić information content (AvgIpc) is 3.47. The molecule has 11 nitrogen and oxygen atoms in total. The van der Waals surface area contributed by atoms with Crippen molar-refractivity contribution < 1.29 is 24.3 Å². The maximum absolute atomic E-state index is 13.9. The van der Waals surface area contributed by atoms with Crippen LogP contribution < -0.4 is 27.0 Å². The van der Waals surface area contributed by atoms with Crippen molar-refractivity contribution in [2.75, 3.05) is 6.54 Å². The Morgan fingerprint density at radius 3 is 2.28 bits per heavy atom. The summed E-state index contributed by atoms with van der Waals surface area (Å²) in [5, 5.41) is 21.9. The SMILES string of the molecule is Cl.NC(Cc1ccc(O)cc1)C(=O)NC1CCCCNC(=O)C(Cc2ccccc2)NC(=O)C(Cc2c[nH]c3ccccc23)NC1=O. The van der Waals surface area contributed by atoms with Gasteiger partial charge in [-0.15, -0.1) is 12.4 Å². The first-order chi connectivity index (χ1) is 22.3. The lowest BCUT2D eigenvalue weighted by molar-refractivity contribution is -0.133. The molecule has 1 aliphatic heterocycles. The molecule has 248 valence electrons. The topological polar surface area (TPSA) is 178 Å². The Morgan fingerprint density at radius 2 is 1.51 bits per heavy atom. The van der Waals surface area contributed by atoms with E-state index < -0.39 is 41.9 Å². The summed E-state index contributed by atoms with van der Waals surface area (Å²) in [6, 6.07) is 19.7. The Labute approximate surface area is 279 Å². The van der Waals surface area contributed by atoms with Gasteiger partial charge < -0.3 is 37.1 Å². The highest BCUT2D eigenvalue weighted by Crippen LogP contribution is 2.20. The van der Waals surface area contributed by atoms with Crippen LogP contribution >= 0.6 is 12.4 Å². The molecule has 1 saturated heterocycles. The molecule has 0 bridgehead atoms. The highest BCUT2D eigenvalue weighted by molar-refractivity contribution is 5.95. The van der Waals surface area contributed by atoms with Crippen LogP contribution in [0.25, 0.3) is 10.9 Å². The summed E-state index contributed by atoms with van der Waals surface area (Å²) in [5.74, 6) is -1.73. The molecule has 0 spiro atoms. The molecular weight excluding hydrogens is 620 g/mol. The Kier molecular flexibility index (Phi) is 12.4. The first-order valence-corrected chi connectivity index (χ1v) is 15.6. The lowest BCUT2D eigenvalue weighted by atomic mass is 10.0.